The van der Waals surface area contributed by atoms with E-state index in [1.807, 2.05) is 31.3 Å². The zero-order chi connectivity index (χ0) is 18.8. The van der Waals surface area contributed by atoms with Gasteiger partial charge in [-0.05, 0) is 49.9 Å². The van der Waals surface area contributed by atoms with Crippen molar-refractivity contribution in [1.29, 1.82) is 0 Å². The molecule has 1 amide bonds. The highest BCUT2D eigenvalue weighted by Gasteiger charge is 2.19. The summed E-state index contributed by atoms with van der Waals surface area (Å²) < 4.78 is 0. The number of aliphatic imine (C=N–C) groups is 1. The van der Waals surface area contributed by atoms with Crippen molar-refractivity contribution in [3.8, 4) is 0 Å². The van der Waals surface area contributed by atoms with E-state index in [9.17, 15) is 4.79 Å². The lowest BCUT2D eigenvalue weighted by atomic mass is 10.1. The summed E-state index contributed by atoms with van der Waals surface area (Å²) in [6.45, 7) is 6.55. The van der Waals surface area contributed by atoms with Gasteiger partial charge in [0.05, 0.1) is 0 Å². The first-order valence-corrected chi connectivity index (χ1v) is 9.66. The molecule has 6 nitrogen and oxygen atoms in total. The second-order valence-electron chi connectivity index (χ2n) is 6.79. The van der Waals surface area contributed by atoms with Crippen molar-refractivity contribution < 1.29 is 4.79 Å². The third-order valence-electron chi connectivity index (χ3n) is 4.81. The molecular formula is C20H33N5O. The number of carbonyl (C=O) groups is 1. The first-order chi connectivity index (χ1) is 12.7. The molecule has 1 aliphatic heterocycles. The highest BCUT2D eigenvalue weighted by molar-refractivity contribution is 5.94. The van der Waals surface area contributed by atoms with Crippen LogP contribution in [0.5, 0.6) is 0 Å². The summed E-state index contributed by atoms with van der Waals surface area (Å²) in [4.78, 5) is 18.6. The number of nitrogens with one attached hydrogen (secondary N) is 3. The van der Waals surface area contributed by atoms with Crippen molar-refractivity contribution in [3.05, 3.63) is 35.4 Å². The van der Waals surface area contributed by atoms with Crippen LogP contribution in [0, 0.1) is 0 Å². The number of nitrogens with zero attached hydrogens (tertiary/aromatic N) is 2. The van der Waals surface area contributed by atoms with Crippen LogP contribution in [0.1, 0.15) is 42.1 Å². The van der Waals surface area contributed by atoms with E-state index in [0.717, 1.165) is 50.4 Å². The summed E-state index contributed by atoms with van der Waals surface area (Å²) >= 11 is 0. The van der Waals surface area contributed by atoms with Crippen LogP contribution in [0.4, 0.5) is 0 Å². The predicted molar refractivity (Wildman–Crippen MR) is 108 cm³/mol. The molecule has 2 rings (SSSR count). The zero-order valence-electron chi connectivity index (χ0n) is 16.3. The topological polar surface area (TPSA) is 68.8 Å². The van der Waals surface area contributed by atoms with Gasteiger partial charge in [0.2, 0.25) is 0 Å². The molecule has 3 N–H and O–H groups in total. The van der Waals surface area contributed by atoms with Crippen molar-refractivity contribution in [2.75, 3.05) is 40.3 Å². The second kappa shape index (κ2) is 10.8. The van der Waals surface area contributed by atoms with E-state index in [2.05, 4.69) is 32.8 Å². The van der Waals surface area contributed by atoms with Gasteiger partial charge in [-0.25, -0.2) is 0 Å². The molecular weight excluding hydrogens is 326 g/mol. The number of carbonyl (C=O) groups excluding carboxylic acids is 1. The predicted octanol–water partition coefficient (Wildman–Crippen LogP) is 1.63. The molecule has 0 saturated carbocycles. The molecule has 0 bridgehead atoms. The number of benzene rings is 1. The maximum atomic E-state index is 11.7. The molecule has 0 aliphatic carbocycles. The number of guanidine groups is 1. The van der Waals surface area contributed by atoms with Crippen LogP contribution in [0.2, 0.25) is 0 Å². The van der Waals surface area contributed by atoms with Gasteiger partial charge in [0.25, 0.3) is 5.91 Å². The fourth-order valence-corrected chi connectivity index (χ4v) is 3.34. The lowest BCUT2D eigenvalue weighted by Crippen LogP contribution is -2.49. The molecule has 0 radical (unpaired) electrons. The van der Waals surface area contributed by atoms with Gasteiger partial charge in [-0.2, -0.15) is 0 Å². The molecule has 1 saturated heterocycles. The van der Waals surface area contributed by atoms with Crippen molar-refractivity contribution >= 4 is 11.9 Å². The standard InChI is InChI=1S/C20H33N5O/c1-4-12-25-13-9-18(10-14-25)24-20(22-3)23-11-8-16-6-5-7-17(15-16)19(26)21-2/h5-7,15,18H,4,8-14H2,1-3H3,(H,21,26)(H2,22,23,24). The molecule has 144 valence electrons. The maximum absolute atomic E-state index is 11.7. The number of rotatable bonds is 7. The maximum Gasteiger partial charge on any atom is 0.251 e. The van der Waals surface area contributed by atoms with Crippen LogP contribution in [0.25, 0.3) is 0 Å². The third-order valence-corrected chi connectivity index (χ3v) is 4.81. The van der Waals surface area contributed by atoms with Gasteiger partial charge in [0.15, 0.2) is 5.96 Å². The minimum Gasteiger partial charge on any atom is -0.356 e. The van der Waals surface area contributed by atoms with E-state index in [0.29, 0.717) is 11.6 Å². The first kappa shape index (κ1) is 20.2. The van der Waals surface area contributed by atoms with E-state index >= 15 is 0 Å². The molecule has 0 unspecified atom stereocenters. The van der Waals surface area contributed by atoms with Crippen molar-refractivity contribution in [3.63, 3.8) is 0 Å². The van der Waals surface area contributed by atoms with Crippen molar-refractivity contribution in [2.45, 2.75) is 38.6 Å². The normalized spacial score (nSPS) is 16.3. The summed E-state index contributed by atoms with van der Waals surface area (Å²) in [7, 11) is 3.46. The highest BCUT2D eigenvalue weighted by atomic mass is 16.1. The van der Waals surface area contributed by atoms with Crippen LogP contribution >= 0.6 is 0 Å². The Balaban J connectivity index is 1.75. The second-order valence-corrected chi connectivity index (χ2v) is 6.79. The van der Waals surface area contributed by atoms with Crippen LogP contribution in [-0.2, 0) is 6.42 Å². The molecule has 1 fully saturated rings. The summed E-state index contributed by atoms with van der Waals surface area (Å²) in [6, 6.07) is 8.25. The Kier molecular flexibility index (Phi) is 8.41. The highest BCUT2D eigenvalue weighted by Crippen LogP contribution is 2.10. The summed E-state index contributed by atoms with van der Waals surface area (Å²) in [5, 5.41) is 9.59. The van der Waals surface area contributed by atoms with E-state index in [1.54, 1.807) is 7.05 Å². The fraction of sp³-hybridized carbons (Fsp3) is 0.600. The van der Waals surface area contributed by atoms with Crippen LogP contribution in [0.15, 0.2) is 29.3 Å². The largest absolute Gasteiger partial charge is 0.356 e. The SMILES string of the molecule is CCCN1CCC(NC(=NC)NCCc2cccc(C(=O)NC)c2)CC1. The fourth-order valence-electron chi connectivity index (χ4n) is 3.34. The van der Waals surface area contributed by atoms with E-state index in [1.165, 1.54) is 13.0 Å². The first-order valence-electron chi connectivity index (χ1n) is 9.66. The minimum absolute atomic E-state index is 0.0494. The molecule has 0 spiro atoms. The Morgan fingerprint density at radius 2 is 2.08 bits per heavy atom. The molecule has 0 aromatic heterocycles. The van der Waals surface area contributed by atoms with Gasteiger partial charge in [-0.15, -0.1) is 0 Å². The monoisotopic (exact) mass is 359 g/mol. The smallest absolute Gasteiger partial charge is 0.251 e. The molecule has 1 heterocycles. The number of amides is 1. The van der Waals surface area contributed by atoms with Gasteiger partial charge in [-0.1, -0.05) is 19.1 Å². The molecule has 1 aliphatic rings. The van der Waals surface area contributed by atoms with E-state index < -0.39 is 0 Å². The average Bonchev–Trinajstić information content (AvgIpc) is 2.68. The molecule has 1 aromatic rings. The summed E-state index contributed by atoms with van der Waals surface area (Å²) in [6.07, 6.45) is 4.40. The van der Waals surface area contributed by atoms with Crippen LogP contribution < -0.4 is 16.0 Å². The number of hydrogen-bond donors (Lipinski definition) is 3. The van der Waals surface area contributed by atoms with Gasteiger partial charge in [0, 0.05) is 45.3 Å². The average molecular weight is 360 g/mol. The van der Waals surface area contributed by atoms with E-state index in [-0.39, 0.29) is 5.91 Å². The number of piperidine rings is 1. The molecule has 0 atom stereocenters. The van der Waals surface area contributed by atoms with Crippen molar-refractivity contribution in [2.24, 2.45) is 4.99 Å². The third kappa shape index (κ3) is 6.33. The Hall–Kier alpha value is -2.08. The molecule has 26 heavy (non-hydrogen) atoms. The van der Waals surface area contributed by atoms with Gasteiger partial charge in [0.1, 0.15) is 0 Å². The van der Waals surface area contributed by atoms with Crippen molar-refractivity contribution in [1.82, 2.24) is 20.9 Å². The Morgan fingerprint density at radius 3 is 2.73 bits per heavy atom. The van der Waals surface area contributed by atoms with Crippen LogP contribution in [-0.4, -0.2) is 63.1 Å². The lowest BCUT2D eigenvalue weighted by molar-refractivity contribution is 0.0963. The summed E-state index contributed by atoms with van der Waals surface area (Å²) in [5.74, 6) is 0.813. The molecule has 6 heteroatoms. The van der Waals surface area contributed by atoms with Crippen LogP contribution in [0.3, 0.4) is 0 Å². The number of hydrogen-bond acceptors (Lipinski definition) is 3. The lowest BCUT2D eigenvalue weighted by Gasteiger charge is -2.32. The minimum atomic E-state index is -0.0494. The Bertz CT molecular complexity index is 594. The van der Waals surface area contributed by atoms with Gasteiger partial charge < -0.3 is 20.9 Å². The number of likely N-dealkylation sites (tertiary alicyclic amines) is 1. The Morgan fingerprint density at radius 1 is 1.31 bits per heavy atom. The van der Waals surface area contributed by atoms with E-state index in [4.69, 9.17) is 0 Å². The Labute approximate surface area is 157 Å². The quantitative estimate of drug-likeness (QED) is 0.511. The van der Waals surface area contributed by atoms with Gasteiger partial charge >= 0.3 is 0 Å². The van der Waals surface area contributed by atoms with Gasteiger partial charge in [-0.3, -0.25) is 9.79 Å². The summed E-state index contributed by atoms with van der Waals surface area (Å²) in [5.41, 5.74) is 1.84. The zero-order valence-corrected chi connectivity index (χ0v) is 16.3. The molecule has 1 aromatic carbocycles.